The van der Waals surface area contributed by atoms with Gasteiger partial charge >= 0.3 is 5.97 Å². The van der Waals surface area contributed by atoms with Gasteiger partial charge < -0.3 is 4.74 Å². The summed E-state index contributed by atoms with van der Waals surface area (Å²) in [6, 6.07) is 1.70. The van der Waals surface area contributed by atoms with Gasteiger partial charge in [-0.05, 0) is 6.92 Å². The highest BCUT2D eigenvalue weighted by atomic mass is 16.5. The fourth-order valence-electron chi connectivity index (χ4n) is 0.759. The predicted octanol–water partition coefficient (Wildman–Crippen LogP) is -0.196. The minimum Gasteiger partial charge on any atom is -0.445 e. The summed E-state index contributed by atoms with van der Waals surface area (Å²) in [4.78, 5) is 11.1. The van der Waals surface area contributed by atoms with Crippen molar-refractivity contribution in [1.82, 2.24) is 15.0 Å². The van der Waals surface area contributed by atoms with Gasteiger partial charge in [0.2, 0.25) is 0 Å². The molecule has 1 rings (SSSR count). The van der Waals surface area contributed by atoms with E-state index in [1.54, 1.807) is 20.0 Å². The molecule has 6 nitrogen and oxygen atoms in total. The van der Waals surface area contributed by atoms with Gasteiger partial charge in [-0.1, -0.05) is 5.21 Å². The van der Waals surface area contributed by atoms with E-state index in [1.165, 1.54) is 4.68 Å². The molecular weight excluding hydrogens is 172 g/mol. The summed E-state index contributed by atoms with van der Waals surface area (Å²) in [7, 11) is 1.67. The smallest absolute Gasteiger partial charge is 0.361 e. The predicted molar refractivity (Wildman–Crippen MR) is 41.6 cm³/mol. The minimum atomic E-state index is -0.618. The van der Waals surface area contributed by atoms with Crippen molar-refractivity contribution in [3.8, 4) is 6.07 Å². The summed E-state index contributed by atoms with van der Waals surface area (Å²) in [5, 5.41) is 15.4. The van der Waals surface area contributed by atoms with Crippen LogP contribution < -0.4 is 0 Å². The lowest BCUT2D eigenvalue weighted by Crippen LogP contribution is -2.08. The largest absolute Gasteiger partial charge is 0.445 e. The number of nitrogens with zero attached hydrogens (tertiary/aromatic N) is 4. The van der Waals surface area contributed by atoms with Crippen LogP contribution in [0, 0.1) is 18.3 Å². The number of carbonyl (C=O) groups excluding carboxylic acids is 1. The SMILES string of the molecule is Cc1c(C(=O)OCC#N)nnn1C. The Hall–Kier alpha value is -1.90. The van der Waals surface area contributed by atoms with E-state index in [2.05, 4.69) is 15.0 Å². The van der Waals surface area contributed by atoms with Crippen molar-refractivity contribution in [3.63, 3.8) is 0 Å². The fraction of sp³-hybridized carbons (Fsp3) is 0.429. The van der Waals surface area contributed by atoms with Crippen LogP contribution in [0.1, 0.15) is 16.2 Å². The summed E-state index contributed by atoms with van der Waals surface area (Å²) in [5.41, 5.74) is 0.765. The Bertz CT molecular complexity index is 363. The first-order valence-corrected chi connectivity index (χ1v) is 3.57. The molecule has 1 aromatic heterocycles. The van der Waals surface area contributed by atoms with Gasteiger partial charge in [0.05, 0.1) is 5.69 Å². The lowest BCUT2D eigenvalue weighted by molar-refractivity contribution is 0.0547. The number of hydrogen-bond acceptors (Lipinski definition) is 5. The van der Waals surface area contributed by atoms with E-state index < -0.39 is 5.97 Å². The third-order valence-corrected chi connectivity index (χ3v) is 1.57. The molecule has 0 spiro atoms. The number of ether oxygens (including phenoxy) is 1. The number of aryl methyl sites for hydroxylation is 1. The van der Waals surface area contributed by atoms with Gasteiger partial charge in [0.1, 0.15) is 6.07 Å². The molecule has 0 saturated heterocycles. The topological polar surface area (TPSA) is 80.8 Å². The highest BCUT2D eigenvalue weighted by Crippen LogP contribution is 2.03. The van der Waals surface area contributed by atoms with E-state index in [9.17, 15) is 4.79 Å². The van der Waals surface area contributed by atoms with Gasteiger partial charge in [-0.25, -0.2) is 4.79 Å². The minimum absolute atomic E-state index is 0.151. The molecule has 0 amide bonds. The molecule has 0 bridgehead atoms. The molecule has 6 heteroatoms. The molecule has 0 atom stereocenters. The molecule has 68 valence electrons. The van der Waals surface area contributed by atoms with Crippen molar-refractivity contribution in [1.29, 1.82) is 5.26 Å². The van der Waals surface area contributed by atoms with Gasteiger partial charge in [-0.15, -0.1) is 5.10 Å². The van der Waals surface area contributed by atoms with Gasteiger partial charge in [0, 0.05) is 7.05 Å². The summed E-state index contributed by atoms with van der Waals surface area (Å²) >= 11 is 0. The van der Waals surface area contributed by atoms with Crippen LogP contribution >= 0.6 is 0 Å². The number of esters is 1. The maximum atomic E-state index is 11.1. The maximum Gasteiger partial charge on any atom is 0.361 e. The van der Waals surface area contributed by atoms with Gasteiger partial charge in [0.25, 0.3) is 0 Å². The van der Waals surface area contributed by atoms with Crippen LogP contribution in [0.4, 0.5) is 0 Å². The fourth-order valence-corrected chi connectivity index (χ4v) is 0.759. The molecule has 0 aliphatic heterocycles. The number of nitriles is 1. The van der Waals surface area contributed by atoms with Crippen LogP contribution in [-0.2, 0) is 11.8 Å². The number of rotatable bonds is 2. The Kier molecular flexibility index (Phi) is 2.59. The van der Waals surface area contributed by atoms with Crippen LogP contribution in [-0.4, -0.2) is 27.6 Å². The summed E-state index contributed by atoms with van der Waals surface area (Å²) in [5.74, 6) is -0.618. The third-order valence-electron chi connectivity index (χ3n) is 1.57. The van der Waals surface area contributed by atoms with E-state index in [-0.39, 0.29) is 12.3 Å². The van der Waals surface area contributed by atoms with Crippen LogP contribution in [0.5, 0.6) is 0 Å². The van der Waals surface area contributed by atoms with Crippen molar-refractivity contribution in [2.45, 2.75) is 6.92 Å². The lowest BCUT2D eigenvalue weighted by atomic mass is 10.3. The van der Waals surface area contributed by atoms with Crippen molar-refractivity contribution in [2.75, 3.05) is 6.61 Å². The summed E-state index contributed by atoms with van der Waals surface area (Å²) < 4.78 is 6.02. The van der Waals surface area contributed by atoms with E-state index in [1.807, 2.05) is 0 Å². The molecule has 0 saturated carbocycles. The van der Waals surface area contributed by atoms with Crippen molar-refractivity contribution >= 4 is 5.97 Å². The zero-order chi connectivity index (χ0) is 9.84. The highest BCUT2D eigenvalue weighted by Gasteiger charge is 2.15. The molecule has 0 aromatic carbocycles. The zero-order valence-corrected chi connectivity index (χ0v) is 7.31. The van der Waals surface area contributed by atoms with Crippen molar-refractivity contribution in [3.05, 3.63) is 11.4 Å². The van der Waals surface area contributed by atoms with E-state index in [4.69, 9.17) is 5.26 Å². The Balaban J connectivity index is 2.78. The molecule has 0 fully saturated rings. The Labute approximate surface area is 74.7 Å². The van der Waals surface area contributed by atoms with Crippen molar-refractivity contribution < 1.29 is 9.53 Å². The quantitative estimate of drug-likeness (QED) is 0.589. The zero-order valence-electron chi connectivity index (χ0n) is 7.31. The molecule has 0 N–H and O–H groups in total. The number of hydrogen-bond donors (Lipinski definition) is 0. The first-order valence-electron chi connectivity index (χ1n) is 3.57. The van der Waals surface area contributed by atoms with E-state index in [0.717, 1.165) is 0 Å². The average molecular weight is 180 g/mol. The van der Waals surface area contributed by atoms with E-state index in [0.29, 0.717) is 5.69 Å². The molecule has 1 aromatic rings. The maximum absolute atomic E-state index is 11.1. The second kappa shape index (κ2) is 3.67. The molecule has 0 aliphatic carbocycles. The monoisotopic (exact) mass is 180 g/mol. The standard InChI is InChI=1S/C7H8N4O2/c1-5-6(9-10-11(5)2)7(12)13-4-3-8/h4H2,1-2H3. The average Bonchev–Trinajstić information content (AvgIpc) is 2.44. The molecular formula is C7H8N4O2. The van der Waals surface area contributed by atoms with Crippen molar-refractivity contribution in [2.24, 2.45) is 7.05 Å². The highest BCUT2D eigenvalue weighted by molar-refractivity contribution is 5.88. The summed E-state index contributed by atoms with van der Waals surface area (Å²) in [6.45, 7) is 1.43. The third kappa shape index (κ3) is 1.82. The van der Waals surface area contributed by atoms with Gasteiger partial charge in [0.15, 0.2) is 12.3 Å². The molecule has 1 heterocycles. The van der Waals surface area contributed by atoms with E-state index >= 15 is 0 Å². The number of carbonyl (C=O) groups is 1. The molecule has 0 unspecified atom stereocenters. The molecule has 0 radical (unpaired) electrons. The molecule has 13 heavy (non-hydrogen) atoms. The van der Waals surface area contributed by atoms with Crippen LogP contribution in [0.2, 0.25) is 0 Å². The Morgan fingerprint density at radius 3 is 2.92 bits per heavy atom. The van der Waals surface area contributed by atoms with Crippen LogP contribution in [0.15, 0.2) is 0 Å². The number of aromatic nitrogens is 3. The first kappa shape index (κ1) is 9.19. The van der Waals surface area contributed by atoms with Crippen LogP contribution in [0.25, 0.3) is 0 Å². The van der Waals surface area contributed by atoms with Gasteiger partial charge in [-0.2, -0.15) is 5.26 Å². The summed E-state index contributed by atoms with van der Waals surface area (Å²) in [6.07, 6.45) is 0. The second-order valence-corrected chi connectivity index (χ2v) is 2.38. The second-order valence-electron chi connectivity index (χ2n) is 2.38. The van der Waals surface area contributed by atoms with Crippen LogP contribution in [0.3, 0.4) is 0 Å². The molecule has 0 aliphatic rings. The lowest BCUT2D eigenvalue weighted by Gasteiger charge is -1.96. The first-order chi connectivity index (χ1) is 6.16. The normalized spacial score (nSPS) is 9.31. The Morgan fingerprint density at radius 1 is 1.77 bits per heavy atom. The Morgan fingerprint density at radius 2 is 2.46 bits per heavy atom. The van der Waals surface area contributed by atoms with Gasteiger partial charge in [-0.3, -0.25) is 4.68 Å².